The fraction of sp³-hybridized carbons (Fsp3) is 0.300. The van der Waals surface area contributed by atoms with E-state index in [1.54, 1.807) is 30.3 Å². The van der Waals surface area contributed by atoms with Gasteiger partial charge in [-0.2, -0.15) is 4.98 Å². The van der Waals surface area contributed by atoms with Crippen LogP contribution in [0.2, 0.25) is 5.02 Å². The summed E-state index contributed by atoms with van der Waals surface area (Å²) in [5.41, 5.74) is 2.89. The molecule has 0 amide bonds. The highest BCUT2D eigenvalue weighted by atomic mass is 35.5. The van der Waals surface area contributed by atoms with Crippen LogP contribution in [0.15, 0.2) is 45.8 Å². The lowest BCUT2D eigenvalue weighted by atomic mass is 9.92. The van der Waals surface area contributed by atoms with Crippen molar-refractivity contribution < 1.29 is 17.7 Å². The van der Waals surface area contributed by atoms with Crippen molar-refractivity contribution in [3.63, 3.8) is 0 Å². The molecule has 152 valence electrons. The molecule has 9 heteroatoms. The molecule has 0 spiro atoms. The summed E-state index contributed by atoms with van der Waals surface area (Å²) in [7, 11) is -2.35. The zero-order valence-electron chi connectivity index (χ0n) is 15.8. The lowest BCUT2D eigenvalue weighted by molar-refractivity contribution is 0.375. The molecule has 7 nitrogen and oxygen atoms in total. The largest absolute Gasteiger partial charge is 0.495 e. The minimum absolute atomic E-state index is 0.121. The molecule has 0 saturated carbocycles. The van der Waals surface area contributed by atoms with Crippen molar-refractivity contribution in [1.29, 1.82) is 0 Å². The molecule has 0 atom stereocenters. The number of rotatable bonds is 6. The first-order valence-electron chi connectivity index (χ1n) is 9.24. The maximum absolute atomic E-state index is 12.9. The highest BCUT2D eigenvalue weighted by Crippen LogP contribution is 2.32. The highest BCUT2D eigenvalue weighted by molar-refractivity contribution is 7.89. The van der Waals surface area contributed by atoms with Crippen molar-refractivity contribution in [2.24, 2.45) is 0 Å². The van der Waals surface area contributed by atoms with Crippen molar-refractivity contribution >= 4 is 21.6 Å². The third-order valence-electron chi connectivity index (χ3n) is 4.88. The zero-order valence-corrected chi connectivity index (χ0v) is 17.4. The van der Waals surface area contributed by atoms with Gasteiger partial charge in [-0.25, -0.2) is 13.1 Å². The number of hydrogen-bond donors (Lipinski definition) is 1. The molecule has 0 fully saturated rings. The topological polar surface area (TPSA) is 94.3 Å². The molecular weight excluding hydrogens is 414 g/mol. The third kappa shape index (κ3) is 4.29. The van der Waals surface area contributed by atoms with Crippen LogP contribution in [-0.4, -0.2) is 25.7 Å². The summed E-state index contributed by atoms with van der Waals surface area (Å²) >= 11 is 5.98. The molecule has 0 aliphatic heterocycles. The second kappa shape index (κ2) is 8.14. The third-order valence-corrected chi connectivity index (χ3v) is 6.54. The normalized spacial score (nSPS) is 13.9. The Labute approximate surface area is 174 Å². The lowest BCUT2D eigenvalue weighted by Gasteiger charge is -2.19. The van der Waals surface area contributed by atoms with Gasteiger partial charge in [-0.1, -0.05) is 28.9 Å². The van der Waals surface area contributed by atoms with Crippen LogP contribution >= 0.6 is 11.6 Å². The molecule has 29 heavy (non-hydrogen) atoms. The number of ether oxygens (including phenoxy) is 1. The van der Waals surface area contributed by atoms with E-state index < -0.39 is 10.0 Å². The summed E-state index contributed by atoms with van der Waals surface area (Å²) in [5.74, 6) is 0.830. The van der Waals surface area contributed by atoms with Crippen LogP contribution in [0.4, 0.5) is 0 Å². The first kappa shape index (κ1) is 19.9. The SMILES string of the molecule is COc1cc2c(cc1S(=O)(=O)NCc1nc(-c3cccc(Cl)c3)no1)CCCC2. The number of sulfonamides is 1. The van der Waals surface area contributed by atoms with Crippen LogP contribution in [0, 0.1) is 0 Å². The van der Waals surface area contributed by atoms with Crippen molar-refractivity contribution in [3.8, 4) is 17.1 Å². The summed E-state index contributed by atoms with van der Waals surface area (Å²) in [5, 5.41) is 4.44. The molecule has 1 aromatic heterocycles. The van der Waals surface area contributed by atoms with E-state index in [-0.39, 0.29) is 17.3 Å². The van der Waals surface area contributed by atoms with Gasteiger partial charge >= 0.3 is 0 Å². The molecule has 3 aromatic rings. The van der Waals surface area contributed by atoms with E-state index in [0.29, 0.717) is 22.2 Å². The molecule has 2 aromatic carbocycles. The van der Waals surface area contributed by atoms with Crippen LogP contribution in [0.5, 0.6) is 5.75 Å². The molecule has 1 aliphatic rings. The number of fused-ring (bicyclic) bond motifs is 1. The van der Waals surface area contributed by atoms with Crippen LogP contribution in [0.3, 0.4) is 0 Å². The van der Waals surface area contributed by atoms with E-state index in [1.807, 2.05) is 6.07 Å². The number of nitrogens with one attached hydrogen (secondary N) is 1. The predicted molar refractivity (Wildman–Crippen MR) is 108 cm³/mol. The Kier molecular flexibility index (Phi) is 5.58. The summed E-state index contributed by atoms with van der Waals surface area (Å²) in [4.78, 5) is 4.36. The Morgan fingerprint density at radius 3 is 2.66 bits per heavy atom. The van der Waals surface area contributed by atoms with Gasteiger partial charge in [0.15, 0.2) is 0 Å². The van der Waals surface area contributed by atoms with Gasteiger partial charge < -0.3 is 9.26 Å². The van der Waals surface area contributed by atoms with Crippen LogP contribution in [0.25, 0.3) is 11.4 Å². The van der Waals surface area contributed by atoms with Crippen molar-refractivity contribution in [3.05, 3.63) is 58.4 Å². The number of nitrogens with zero attached hydrogens (tertiary/aromatic N) is 2. The fourth-order valence-corrected chi connectivity index (χ4v) is 4.78. The monoisotopic (exact) mass is 433 g/mol. The Morgan fingerprint density at radius 1 is 1.17 bits per heavy atom. The Morgan fingerprint density at radius 2 is 1.93 bits per heavy atom. The molecular formula is C20H20ClN3O4S. The van der Waals surface area contributed by atoms with E-state index >= 15 is 0 Å². The summed E-state index contributed by atoms with van der Waals surface area (Å²) in [6, 6.07) is 10.6. The minimum Gasteiger partial charge on any atom is -0.495 e. The maximum atomic E-state index is 12.9. The van der Waals surface area contributed by atoms with Gasteiger partial charge in [0.25, 0.3) is 0 Å². The van der Waals surface area contributed by atoms with Crippen LogP contribution in [0.1, 0.15) is 29.9 Å². The second-order valence-electron chi connectivity index (χ2n) is 6.83. The number of aryl methyl sites for hydroxylation is 2. The smallest absolute Gasteiger partial charge is 0.244 e. The van der Waals surface area contributed by atoms with Crippen molar-refractivity contribution in [2.75, 3.05) is 7.11 Å². The van der Waals surface area contributed by atoms with Crippen LogP contribution in [-0.2, 0) is 29.4 Å². The van der Waals surface area contributed by atoms with Gasteiger partial charge in [-0.05, 0) is 61.1 Å². The first-order valence-corrected chi connectivity index (χ1v) is 11.1. The standard InChI is InChI=1S/C20H20ClN3O4S/c1-27-17-10-13-5-2-3-6-14(13)11-18(17)29(25,26)22-12-19-23-20(24-28-19)15-7-4-8-16(21)9-15/h4,7-11,22H,2-3,5-6,12H2,1H3. The molecule has 0 bridgehead atoms. The molecule has 0 unspecified atom stereocenters. The van der Waals surface area contributed by atoms with Crippen molar-refractivity contribution in [2.45, 2.75) is 37.1 Å². The molecule has 0 saturated heterocycles. The average Bonchev–Trinajstić information content (AvgIpc) is 3.20. The van der Waals surface area contributed by atoms with E-state index in [9.17, 15) is 8.42 Å². The molecule has 0 radical (unpaired) electrons. The second-order valence-corrected chi connectivity index (χ2v) is 9.00. The summed E-state index contributed by atoms with van der Waals surface area (Å²) in [6.45, 7) is -0.129. The van der Waals surface area contributed by atoms with Crippen LogP contribution < -0.4 is 9.46 Å². The van der Waals surface area contributed by atoms with Gasteiger partial charge in [-0.3, -0.25) is 0 Å². The zero-order chi connectivity index (χ0) is 20.4. The number of benzene rings is 2. The van der Waals surface area contributed by atoms with Gasteiger partial charge in [-0.15, -0.1) is 0 Å². The first-order chi connectivity index (χ1) is 14.0. The van der Waals surface area contributed by atoms with Gasteiger partial charge in [0.2, 0.25) is 21.7 Å². The molecule has 1 heterocycles. The molecule has 1 N–H and O–H groups in total. The van der Waals surface area contributed by atoms with Gasteiger partial charge in [0, 0.05) is 10.6 Å². The molecule has 1 aliphatic carbocycles. The average molecular weight is 434 g/mol. The number of halogens is 1. The number of hydrogen-bond acceptors (Lipinski definition) is 6. The number of methoxy groups -OCH3 is 1. The van der Waals surface area contributed by atoms with Gasteiger partial charge in [0.1, 0.15) is 10.6 Å². The lowest BCUT2D eigenvalue weighted by Crippen LogP contribution is -2.24. The summed E-state index contributed by atoms with van der Waals surface area (Å²) in [6.07, 6.45) is 3.97. The van der Waals surface area contributed by atoms with Crippen molar-refractivity contribution in [1.82, 2.24) is 14.9 Å². The molecule has 4 rings (SSSR count). The maximum Gasteiger partial charge on any atom is 0.244 e. The van der Waals surface area contributed by atoms with Gasteiger partial charge in [0.05, 0.1) is 13.7 Å². The highest BCUT2D eigenvalue weighted by Gasteiger charge is 2.24. The van der Waals surface area contributed by atoms with E-state index in [1.165, 1.54) is 7.11 Å². The predicted octanol–water partition coefficient (Wildman–Crippen LogP) is 3.76. The Balaban J connectivity index is 1.54. The summed E-state index contributed by atoms with van der Waals surface area (Å²) < 4.78 is 38.8. The fourth-order valence-electron chi connectivity index (χ4n) is 3.42. The van der Waals surface area contributed by atoms with E-state index in [2.05, 4.69) is 14.9 Å². The van der Waals surface area contributed by atoms with E-state index in [4.69, 9.17) is 20.9 Å². The quantitative estimate of drug-likeness (QED) is 0.636. The number of aromatic nitrogens is 2. The van der Waals surface area contributed by atoms with E-state index in [0.717, 1.165) is 36.8 Å². The Bertz CT molecular complexity index is 1140. The minimum atomic E-state index is -3.82. The Hall–Kier alpha value is -2.42.